The third-order valence-corrected chi connectivity index (χ3v) is 4.08. The molecule has 0 fully saturated rings. The van der Waals surface area contributed by atoms with Gasteiger partial charge < -0.3 is 0 Å². The highest BCUT2D eigenvalue weighted by Crippen LogP contribution is 2.23. The molecule has 0 aromatic carbocycles. The van der Waals surface area contributed by atoms with Gasteiger partial charge in [-0.1, -0.05) is 29.9 Å². The molecule has 3 nitrogen and oxygen atoms in total. The lowest BCUT2D eigenvalue weighted by molar-refractivity contribution is 1.04. The van der Waals surface area contributed by atoms with Gasteiger partial charge in [-0.2, -0.15) is 0 Å². The second-order valence-electron chi connectivity index (χ2n) is 5.77. The van der Waals surface area contributed by atoms with E-state index in [2.05, 4.69) is 64.0 Å². The van der Waals surface area contributed by atoms with E-state index in [-0.39, 0.29) is 0 Å². The summed E-state index contributed by atoms with van der Waals surface area (Å²) in [6.45, 7) is 2.16. The van der Waals surface area contributed by atoms with Crippen LogP contribution in [0.2, 0.25) is 0 Å². The summed E-state index contributed by atoms with van der Waals surface area (Å²) in [7, 11) is 0. The van der Waals surface area contributed by atoms with E-state index in [1.807, 2.05) is 30.9 Å². The van der Waals surface area contributed by atoms with Gasteiger partial charge in [-0.05, 0) is 43.2 Å². The molecule has 0 spiro atoms. The molecule has 0 aliphatic heterocycles. The average Bonchev–Trinajstić information content (AvgIpc) is 2.90. The molecule has 112 valence electrons. The Bertz CT molecular complexity index is 940. The number of aromatic nitrogens is 3. The maximum atomic E-state index is 4.64. The lowest BCUT2D eigenvalue weighted by Gasteiger charge is -2.07. The van der Waals surface area contributed by atoms with E-state index in [4.69, 9.17) is 0 Å². The topological polar surface area (TPSA) is 30.7 Å². The van der Waals surface area contributed by atoms with Gasteiger partial charge >= 0.3 is 0 Å². The van der Waals surface area contributed by atoms with Crippen molar-refractivity contribution in [2.75, 3.05) is 0 Å². The van der Waals surface area contributed by atoms with Crippen LogP contribution in [0.15, 0.2) is 78.9 Å². The van der Waals surface area contributed by atoms with Crippen molar-refractivity contribution in [3.63, 3.8) is 0 Å². The second kappa shape index (κ2) is 5.69. The Morgan fingerprint density at radius 2 is 2.04 bits per heavy atom. The van der Waals surface area contributed by atoms with Crippen molar-refractivity contribution in [2.45, 2.75) is 13.3 Å². The van der Waals surface area contributed by atoms with Crippen LogP contribution in [-0.4, -0.2) is 14.5 Å². The molecule has 4 rings (SSSR count). The Labute approximate surface area is 135 Å². The van der Waals surface area contributed by atoms with E-state index < -0.39 is 0 Å². The van der Waals surface area contributed by atoms with E-state index >= 15 is 0 Å². The van der Waals surface area contributed by atoms with Crippen molar-refractivity contribution in [3.05, 3.63) is 84.5 Å². The molecule has 0 bridgehead atoms. The SMILES string of the molecule is CC1=CC(c2ccc(-n3ccc4ccncc43)nc2)=CC=CC1. The minimum atomic E-state index is 0.905. The Kier molecular flexibility index (Phi) is 3.39. The molecule has 0 amide bonds. The molecule has 23 heavy (non-hydrogen) atoms. The highest BCUT2D eigenvalue weighted by atomic mass is 15.1. The van der Waals surface area contributed by atoms with E-state index in [1.54, 1.807) is 0 Å². The minimum absolute atomic E-state index is 0.905. The Morgan fingerprint density at radius 3 is 2.91 bits per heavy atom. The van der Waals surface area contributed by atoms with Gasteiger partial charge in [-0.15, -0.1) is 0 Å². The van der Waals surface area contributed by atoms with Gasteiger partial charge in [-0.25, -0.2) is 4.98 Å². The molecule has 0 saturated carbocycles. The third kappa shape index (κ3) is 2.61. The lowest BCUT2D eigenvalue weighted by atomic mass is 10.1. The number of nitrogens with zero attached hydrogens (tertiary/aromatic N) is 3. The fraction of sp³-hybridized carbons (Fsp3) is 0.100. The predicted molar refractivity (Wildman–Crippen MR) is 94.4 cm³/mol. The van der Waals surface area contributed by atoms with Crippen molar-refractivity contribution in [3.8, 4) is 5.82 Å². The molecule has 1 aliphatic rings. The maximum absolute atomic E-state index is 4.64. The predicted octanol–water partition coefficient (Wildman–Crippen LogP) is 4.71. The highest BCUT2D eigenvalue weighted by Gasteiger charge is 2.06. The lowest BCUT2D eigenvalue weighted by Crippen LogP contribution is -1.96. The molecule has 3 aromatic rings. The molecule has 0 atom stereocenters. The summed E-state index contributed by atoms with van der Waals surface area (Å²) >= 11 is 0. The monoisotopic (exact) mass is 299 g/mol. The summed E-state index contributed by atoms with van der Waals surface area (Å²) in [6.07, 6.45) is 17.3. The van der Waals surface area contributed by atoms with E-state index in [9.17, 15) is 0 Å². The molecular formula is C20H17N3. The summed E-state index contributed by atoms with van der Waals surface area (Å²) < 4.78 is 2.06. The zero-order valence-corrected chi connectivity index (χ0v) is 13.0. The van der Waals surface area contributed by atoms with Crippen LogP contribution in [0.4, 0.5) is 0 Å². The number of rotatable bonds is 2. The average molecular weight is 299 g/mol. The first kappa shape index (κ1) is 13.7. The van der Waals surface area contributed by atoms with E-state index in [1.165, 1.54) is 16.5 Å². The smallest absolute Gasteiger partial charge is 0.137 e. The summed E-state index contributed by atoms with van der Waals surface area (Å²) in [6, 6.07) is 8.27. The van der Waals surface area contributed by atoms with Crippen molar-refractivity contribution < 1.29 is 0 Å². The molecule has 0 N–H and O–H groups in total. The number of hydrogen-bond acceptors (Lipinski definition) is 2. The molecule has 0 unspecified atom stereocenters. The van der Waals surface area contributed by atoms with E-state index in [0.717, 1.165) is 23.3 Å². The molecule has 0 radical (unpaired) electrons. The van der Waals surface area contributed by atoms with Crippen LogP contribution in [0.3, 0.4) is 0 Å². The van der Waals surface area contributed by atoms with Crippen molar-refractivity contribution >= 4 is 16.5 Å². The van der Waals surface area contributed by atoms with E-state index in [0.29, 0.717) is 0 Å². The van der Waals surface area contributed by atoms with Crippen LogP contribution in [-0.2, 0) is 0 Å². The first-order valence-electron chi connectivity index (χ1n) is 7.73. The Balaban J connectivity index is 1.72. The van der Waals surface area contributed by atoms with Gasteiger partial charge in [0.2, 0.25) is 0 Å². The van der Waals surface area contributed by atoms with Crippen LogP contribution in [0.25, 0.3) is 22.3 Å². The fourth-order valence-corrected chi connectivity index (χ4v) is 2.85. The molecule has 3 aromatic heterocycles. The van der Waals surface area contributed by atoms with Crippen LogP contribution in [0, 0.1) is 0 Å². The number of hydrogen-bond donors (Lipinski definition) is 0. The first-order valence-corrected chi connectivity index (χ1v) is 7.73. The summed E-state index contributed by atoms with van der Waals surface area (Å²) in [4.78, 5) is 8.85. The quantitative estimate of drug-likeness (QED) is 0.686. The largest absolute Gasteiger partial charge is 0.300 e. The molecule has 3 heteroatoms. The number of pyridine rings is 2. The zero-order valence-electron chi connectivity index (χ0n) is 13.0. The number of fused-ring (bicyclic) bond motifs is 1. The fourth-order valence-electron chi connectivity index (χ4n) is 2.85. The van der Waals surface area contributed by atoms with Crippen LogP contribution in [0.5, 0.6) is 0 Å². The van der Waals surface area contributed by atoms with Gasteiger partial charge in [0, 0.05) is 29.5 Å². The molecule has 0 saturated heterocycles. The van der Waals surface area contributed by atoms with Gasteiger partial charge in [0.1, 0.15) is 5.82 Å². The molecular weight excluding hydrogens is 282 g/mol. The standard InChI is InChI=1S/C20H17N3/c1-15-4-2-3-5-17(12-15)18-6-7-20(22-13-18)23-11-9-16-8-10-21-14-19(16)23/h2-3,5-14H,4H2,1H3. The summed E-state index contributed by atoms with van der Waals surface area (Å²) in [5, 5.41) is 1.17. The highest BCUT2D eigenvalue weighted by molar-refractivity contribution is 5.81. The van der Waals surface area contributed by atoms with Gasteiger partial charge in [0.05, 0.1) is 11.7 Å². The van der Waals surface area contributed by atoms with Gasteiger partial charge in [0.15, 0.2) is 0 Å². The Hall–Kier alpha value is -2.94. The Morgan fingerprint density at radius 1 is 1.09 bits per heavy atom. The molecule has 3 heterocycles. The minimum Gasteiger partial charge on any atom is -0.300 e. The number of allylic oxidation sites excluding steroid dienone is 6. The maximum Gasteiger partial charge on any atom is 0.137 e. The van der Waals surface area contributed by atoms with Crippen LogP contribution >= 0.6 is 0 Å². The van der Waals surface area contributed by atoms with Crippen LogP contribution in [0.1, 0.15) is 18.9 Å². The zero-order chi connectivity index (χ0) is 15.6. The van der Waals surface area contributed by atoms with Crippen molar-refractivity contribution in [1.29, 1.82) is 0 Å². The van der Waals surface area contributed by atoms with Gasteiger partial charge in [-0.3, -0.25) is 9.55 Å². The van der Waals surface area contributed by atoms with Crippen molar-refractivity contribution in [1.82, 2.24) is 14.5 Å². The molecule has 1 aliphatic carbocycles. The second-order valence-corrected chi connectivity index (χ2v) is 5.77. The summed E-state index contributed by atoms with van der Waals surface area (Å²) in [5.41, 5.74) is 4.76. The third-order valence-electron chi connectivity index (χ3n) is 4.08. The summed E-state index contributed by atoms with van der Waals surface area (Å²) in [5.74, 6) is 0.905. The van der Waals surface area contributed by atoms with Crippen molar-refractivity contribution in [2.24, 2.45) is 0 Å². The first-order chi connectivity index (χ1) is 11.3. The van der Waals surface area contributed by atoms with Crippen LogP contribution < -0.4 is 0 Å². The normalized spacial score (nSPS) is 14.5. The van der Waals surface area contributed by atoms with Gasteiger partial charge in [0.25, 0.3) is 0 Å².